The quantitative estimate of drug-likeness (QED) is 0.189. The Kier molecular flexibility index (Phi) is 20.5. The molecule has 1 rings (SSSR count). The van der Waals surface area contributed by atoms with Crippen LogP contribution < -0.4 is 0 Å². The van der Waals surface area contributed by atoms with Crippen molar-refractivity contribution < 1.29 is 25.3 Å². The van der Waals surface area contributed by atoms with E-state index in [1.807, 2.05) is 0 Å². The fraction of sp³-hybridized carbons (Fsp3) is 1.00. The van der Waals surface area contributed by atoms with Crippen LogP contribution in [0.1, 0.15) is 77.0 Å². The molecule has 1 aliphatic heterocycles. The molecule has 9 nitrogen and oxygen atoms in total. The molecule has 0 bridgehead atoms. The maximum absolute atomic E-state index is 13.5. The van der Waals surface area contributed by atoms with Crippen LogP contribution in [0.25, 0.3) is 0 Å². The molecule has 1 heterocycles. The highest BCUT2D eigenvalue weighted by molar-refractivity contribution is 7.89. The molecule has 15 heteroatoms. The Morgan fingerprint density at radius 1 is 0.333 bits per heavy atom. The van der Waals surface area contributed by atoms with Crippen molar-refractivity contribution in [2.45, 2.75) is 154 Å². The van der Waals surface area contributed by atoms with Crippen LogP contribution in [-0.2, 0) is 30.1 Å². The van der Waals surface area contributed by atoms with Crippen LogP contribution in [0.3, 0.4) is 0 Å². The van der Waals surface area contributed by atoms with Gasteiger partial charge < -0.3 is 0 Å². The Bertz CT molecular complexity index is 1230. The summed E-state index contributed by atoms with van der Waals surface area (Å²) < 4.78 is 85.8. The predicted octanol–water partition coefficient (Wildman–Crippen LogP) is 7.59. The third-order valence-electron chi connectivity index (χ3n) is 9.21. The first kappa shape index (κ1) is 46.4. The Labute approximate surface area is 301 Å². The molecule has 0 spiro atoms. The zero-order valence-corrected chi connectivity index (χ0v) is 37.9. The number of hydrogen-bond donors (Lipinski definition) is 0. The molecule has 0 aromatic heterocycles. The van der Waals surface area contributed by atoms with Crippen molar-refractivity contribution >= 4 is 54.3 Å². The Balaban J connectivity index is 3.10. The number of nitrogens with zero attached hydrogens (tertiary/aromatic N) is 3. The lowest BCUT2D eigenvalue weighted by Gasteiger charge is -2.25. The van der Waals surface area contributed by atoms with E-state index < -0.39 is 54.3 Å². The second-order valence-electron chi connectivity index (χ2n) is 17.8. The molecule has 0 amide bonds. The molecule has 0 N–H and O–H groups in total. The summed E-state index contributed by atoms with van der Waals surface area (Å²) in [5.41, 5.74) is 0. The van der Waals surface area contributed by atoms with E-state index >= 15 is 0 Å². The highest BCUT2D eigenvalue weighted by Crippen LogP contribution is 2.20. The first-order valence-electron chi connectivity index (χ1n) is 18.9. The topological polar surface area (TPSA) is 112 Å². The third-order valence-corrected chi connectivity index (χ3v) is 21.2. The highest BCUT2D eigenvalue weighted by atomic mass is 32.2. The van der Waals surface area contributed by atoms with E-state index in [4.69, 9.17) is 0 Å². The van der Waals surface area contributed by atoms with E-state index in [1.165, 1.54) is 0 Å². The lowest BCUT2D eigenvalue weighted by atomic mass is 10.1. The molecule has 0 saturated carbocycles. The van der Waals surface area contributed by atoms with E-state index in [2.05, 4.69) is 58.9 Å². The van der Waals surface area contributed by atoms with Crippen LogP contribution in [0.5, 0.6) is 0 Å². The monoisotopic (exact) mass is 789 g/mol. The average molecular weight is 790 g/mol. The van der Waals surface area contributed by atoms with Gasteiger partial charge in [-0.3, -0.25) is 0 Å². The second kappa shape index (κ2) is 21.2. The van der Waals surface area contributed by atoms with Crippen LogP contribution in [0.2, 0.25) is 77.1 Å². The van der Waals surface area contributed by atoms with Gasteiger partial charge in [0.25, 0.3) is 0 Å². The maximum atomic E-state index is 13.5. The fourth-order valence-electron chi connectivity index (χ4n) is 5.65. The first-order valence-corrected chi connectivity index (χ1v) is 34.8. The molecule has 1 aliphatic rings. The van der Waals surface area contributed by atoms with Crippen LogP contribution in [0.15, 0.2) is 0 Å². The first-order chi connectivity index (χ1) is 21.9. The SMILES string of the molecule is C[Si](C)(C)CCS(=O)(=O)N1CCCCCCCN(S(=O)(=O)CC[Si](C)(C)C)CCCCCN(S(=O)(=O)CC[Si](C)(C)C)CCCCCC1. The molecule has 0 radical (unpaired) electrons. The highest BCUT2D eigenvalue weighted by Gasteiger charge is 2.28. The number of rotatable bonds is 12. The summed E-state index contributed by atoms with van der Waals surface area (Å²) in [6.07, 6.45) is 9.98. The molecular formula is C33H75N3O6S3Si3. The van der Waals surface area contributed by atoms with E-state index in [0.717, 1.165) is 95.2 Å². The van der Waals surface area contributed by atoms with Crippen molar-refractivity contribution in [3.05, 3.63) is 0 Å². The lowest BCUT2D eigenvalue weighted by Crippen LogP contribution is -2.38. The Morgan fingerprint density at radius 2 is 0.500 bits per heavy atom. The van der Waals surface area contributed by atoms with Gasteiger partial charge in [0.1, 0.15) is 0 Å². The molecule has 288 valence electrons. The van der Waals surface area contributed by atoms with Crippen LogP contribution in [0.4, 0.5) is 0 Å². The van der Waals surface area contributed by atoms with Gasteiger partial charge in [0, 0.05) is 63.5 Å². The van der Waals surface area contributed by atoms with Crippen molar-refractivity contribution in [3.63, 3.8) is 0 Å². The minimum atomic E-state index is -3.38. The van der Waals surface area contributed by atoms with E-state index in [9.17, 15) is 25.3 Å². The molecule has 0 aromatic rings. The largest absolute Gasteiger partial charge is 0.213 e. The summed E-state index contributed by atoms with van der Waals surface area (Å²) in [7, 11) is -14.6. The van der Waals surface area contributed by atoms with Gasteiger partial charge in [0.05, 0.1) is 17.3 Å². The zero-order valence-electron chi connectivity index (χ0n) is 32.5. The summed E-state index contributed by atoms with van der Waals surface area (Å²) in [6.45, 7) is 22.9. The third kappa shape index (κ3) is 21.7. The fourth-order valence-corrected chi connectivity index (χ4v) is 19.3. The molecule has 1 saturated heterocycles. The zero-order chi connectivity index (χ0) is 36.7. The van der Waals surface area contributed by atoms with Crippen LogP contribution in [0, 0.1) is 0 Å². The van der Waals surface area contributed by atoms with Gasteiger partial charge in [-0.05, 0) is 56.7 Å². The van der Waals surface area contributed by atoms with Gasteiger partial charge >= 0.3 is 0 Å². The van der Waals surface area contributed by atoms with Crippen LogP contribution in [-0.4, -0.2) is 119 Å². The molecule has 1 fully saturated rings. The molecule has 0 unspecified atom stereocenters. The summed E-state index contributed by atoms with van der Waals surface area (Å²) in [5.74, 6) is 0.610. The molecule has 0 aliphatic carbocycles. The van der Waals surface area contributed by atoms with E-state index in [1.54, 1.807) is 12.9 Å². The number of hydrogen-bond acceptors (Lipinski definition) is 6. The van der Waals surface area contributed by atoms with Crippen molar-refractivity contribution in [3.8, 4) is 0 Å². The summed E-state index contributed by atoms with van der Waals surface area (Å²) in [4.78, 5) is 0. The van der Waals surface area contributed by atoms with Crippen LogP contribution >= 0.6 is 0 Å². The standard InChI is InChI=1S/C33H75N3O6S3Si3/c1-46(2,3)31-28-43(37,38)34-22-16-11-10-12-17-23-35(44(39,40)29-32-47(4,5)6)26-20-15-21-27-36(25-19-14-13-18-24-34)45(41,42)30-33-48(7,8)9/h10-33H2,1-9H3. The van der Waals surface area contributed by atoms with Gasteiger partial charge in [-0.15, -0.1) is 0 Å². The minimum absolute atomic E-state index is 0.191. The van der Waals surface area contributed by atoms with Gasteiger partial charge in [-0.2, -0.15) is 0 Å². The molecular weight excluding hydrogens is 715 g/mol. The summed E-state index contributed by atoms with van der Waals surface area (Å²) in [6, 6.07) is 2.23. The predicted molar refractivity (Wildman–Crippen MR) is 216 cm³/mol. The van der Waals surface area contributed by atoms with Gasteiger partial charge in [-0.25, -0.2) is 38.2 Å². The van der Waals surface area contributed by atoms with E-state index in [0.29, 0.717) is 39.3 Å². The van der Waals surface area contributed by atoms with Crippen molar-refractivity contribution in [1.29, 1.82) is 0 Å². The number of sulfonamides is 3. The van der Waals surface area contributed by atoms with Crippen molar-refractivity contribution in [1.82, 2.24) is 12.9 Å². The van der Waals surface area contributed by atoms with E-state index in [-0.39, 0.29) is 17.3 Å². The minimum Gasteiger partial charge on any atom is -0.212 e. The summed E-state index contributed by atoms with van der Waals surface area (Å²) in [5, 5.41) is 0. The molecule has 0 atom stereocenters. The maximum Gasteiger partial charge on any atom is 0.213 e. The second-order valence-corrected chi connectivity index (χ2v) is 40.9. The lowest BCUT2D eigenvalue weighted by molar-refractivity contribution is 0.365. The Hall–Kier alpha value is 0.381. The van der Waals surface area contributed by atoms with Crippen molar-refractivity contribution in [2.24, 2.45) is 0 Å². The molecule has 48 heavy (non-hydrogen) atoms. The van der Waals surface area contributed by atoms with Crippen molar-refractivity contribution in [2.75, 3.05) is 56.5 Å². The Morgan fingerprint density at radius 3 is 0.688 bits per heavy atom. The average Bonchev–Trinajstić information content (AvgIpc) is 2.94. The van der Waals surface area contributed by atoms with Gasteiger partial charge in [0.15, 0.2) is 0 Å². The van der Waals surface area contributed by atoms with Gasteiger partial charge in [0.2, 0.25) is 30.1 Å². The normalized spacial score (nSPS) is 20.7. The molecule has 0 aromatic carbocycles. The summed E-state index contributed by atoms with van der Waals surface area (Å²) >= 11 is 0. The van der Waals surface area contributed by atoms with Gasteiger partial charge in [-0.1, -0.05) is 97.4 Å². The smallest absolute Gasteiger partial charge is 0.212 e.